The molecule has 21 heavy (non-hydrogen) atoms. The van der Waals surface area contributed by atoms with Gasteiger partial charge in [-0.1, -0.05) is 29.3 Å². The summed E-state index contributed by atoms with van der Waals surface area (Å²) in [7, 11) is 0. The smallest absolute Gasteiger partial charge is 0.220 e. The number of aromatic nitrogens is 1. The van der Waals surface area contributed by atoms with Gasteiger partial charge in [0.25, 0.3) is 0 Å². The number of nitrogens with zero attached hydrogens (tertiary/aromatic N) is 1. The van der Waals surface area contributed by atoms with Crippen molar-refractivity contribution >= 4 is 29.1 Å². The molecule has 1 amide bonds. The van der Waals surface area contributed by atoms with E-state index < -0.39 is 0 Å². The molecule has 0 radical (unpaired) electrons. The maximum absolute atomic E-state index is 11.7. The van der Waals surface area contributed by atoms with Gasteiger partial charge in [-0.2, -0.15) is 0 Å². The van der Waals surface area contributed by atoms with E-state index in [1.807, 2.05) is 6.07 Å². The molecular weight excluding hydrogens is 311 g/mol. The van der Waals surface area contributed by atoms with Crippen LogP contribution in [0.3, 0.4) is 0 Å². The molecule has 2 rings (SSSR count). The number of amides is 1. The zero-order valence-electron chi connectivity index (χ0n) is 11.7. The Balaban J connectivity index is 1.71. The highest BCUT2D eigenvalue weighted by atomic mass is 35.5. The van der Waals surface area contributed by atoms with Gasteiger partial charge < -0.3 is 9.73 Å². The van der Waals surface area contributed by atoms with E-state index in [1.165, 1.54) is 0 Å². The Morgan fingerprint density at radius 1 is 1.33 bits per heavy atom. The van der Waals surface area contributed by atoms with Crippen LogP contribution in [0.4, 0.5) is 0 Å². The first-order valence-corrected chi connectivity index (χ1v) is 7.42. The average molecular weight is 327 g/mol. The van der Waals surface area contributed by atoms with Gasteiger partial charge in [0.1, 0.15) is 6.26 Å². The number of aryl methyl sites for hydroxylation is 2. The summed E-state index contributed by atoms with van der Waals surface area (Å²) in [4.78, 5) is 15.9. The average Bonchev–Trinajstić information content (AvgIpc) is 2.85. The summed E-state index contributed by atoms with van der Waals surface area (Å²) in [6.07, 6.45) is 3.21. The zero-order chi connectivity index (χ0) is 15.2. The first-order valence-electron chi connectivity index (χ1n) is 6.66. The van der Waals surface area contributed by atoms with Crippen molar-refractivity contribution < 1.29 is 9.21 Å². The van der Waals surface area contributed by atoms with Crippen LogP contribution < -0.4 is 5.32 Å². The normalized spacial score (nSPS) is 10.6. The van der Waals surface area contributed by atoms with Crippen molar-refractivity contribution in [1.82, 2.24) is 10.3 Å². The van der Waals surface area contributed by atoms with Gasteiger partial charge in [0, 0.05) is 36.4 Å². The number of carbonyl (C=O) groups excluding carboxylic acids is 1. The van der Waals surface area contributed by atoms with Crippen molar-refractivity contribution in [2.75, 3.05) is 6.54 Å². The SMILES string of the molecule is Cc1nc(CCC(=O)NCCc2ccc(Cl)cc2Cl)co1. The van der Waals surface area contributed by atoms with Crippen LogP contribution in [0.25, 0.3) is 0 Å². The van der Waals surface area contributed by atoms with Crippen molar-refractivity contribution in [2.45, 2.75) is 26.2 Å². The molecule has 1 N–H and O–H groups in total. The molecule has 0 unspecified atom stereocenters. The fraction of sp³-hybridized carbons (Fsp3) is 0.333. The van der Waals surface area contributed by atoms with Gasteiger partial charge in [-0.05, 0) is 24.1 Å². The fourth-order valence-corrected chi connectivity index (χ4v) is 2.42. The van der Waals surface area contributed by atoms with Gasteiger partial charge in [-0.15, -0.1) is 0 Å². The molecule has 0 atom stereocenters. The molecule has 0 aliphatic heterocycles. The van der Waals surface area contributed by atoms with Gasteiger partial charge in [0.2, 0.25) is 5.91 Å². The standard InChI is InChI=1S/C15H16Cl2N2O2/c1-10-19-13(9-21-10)4-5-15(20)18-7-6-11-2-3-12(16)8-14(11)17/h2-3,8-9H,4-7H2,1H3,(H,18,20). The quantitative estimate of drug-likeness (QED) is 0.882. The monoisotopic (exact) mass is 326 g/mol. The number of nitrogens with one attached hydrogen (secondary N) is 1. The van der Waals surface area contributed by atoms with Crippen LogP contribution in [0.1, 0.15) is 23.6 Å². The Hall–Kier alpha value is -1.52. The lowest BCUT2D eigenvalue weighted by molar-refractivity contribution is -0.121. The summed E-state index contributed by atoms with van der Waals surface area (Å²) >= 11 is 11.9. The first kappa shape index (κ1) is 15.9. The Bertz CT molecular complexity index is 626. The summed E-state index contributed by atoms with van der Waals surface area (Å²) in [5.74, 6) is 0.600. The van der Waals surface area contributed by atoms with Gasteiger partial charge in [-0.25, -0.2) is 4.98 Å². The van der Waals surface area contributed by atoms with Crippen molar-refractivity contribution in [3.63, 3.8) is 0 Å². The molecule has 6 heteroatoms. The molecule has 0 saturated carbocycles. The fourth-order valence-electron chi connectivity index (χ4n) is 1.91. The number of halogens is 2. The van der Waals surface area contributed by atoms with E-state index >= 15 is 0 Å². The van der Waals surface area contributed by atoms with Gasteiger partial charge >= 0.3 is 0 Å². The van der Waals surface area contributed by atoms with Gasteiger partial charge in [0.15, 0.2) is 5.89 Å². The van der Waals surface area contributed by atoms with E-state index in [0.29, 0.717) is 41.7 Å². The first-order chi connectivity index (χ1) is 10.0. The largest absolute Gasteiger partial charge is 0.449 e. The lowest BCUT2D eigenvalue weighted by Crippen LogP contribution is -2.26. The lowest BCUT2D eigenvalue weighted by Gasteiger charge is -2.06. The van der Waals surface area contributed by atoms with Crippen LogP contribution in [-0.2, 0) is 17.6 Å². The molecule has 0 aliphatic carbocycles. The third kappa shape index (κ3) is 5.06. The van der Waals surface area contributed by atoms with Crippen molar-refractivity contribution in [2.24, 2.45) is 0 Å². The van der Waals surface area contributed by atoms with Crippen molar-refractivity contribution in [3.8, 4) is 0 Å². The minimum absolute atomic E-state index is 0.0132. The number of benzene rings is 1. The van der Waals surface area contributed by atoms with E-state index in [-0.39, 0.29) is 5.91 Å². The second-order valence-electron chi connectivity index (χ2n) is 4.69. The third-order valence-electron chi connectivity index (χ3n) is 3.01. The van der Waals surface area contributed by atoms with Crippen LogP contribution in [0.15, 0.2) is 28.9 Å². The number of rotatable bonds is 6. The minimum atomic E-state index is -0.0132. The van der Waals surface area contributed by atoms with Crippen LogP contribution >= 0.6 is 23.2 Å². The Labute approximate surface area is 133 Å². The third-order valence-corrected chi connectivity index (χ3v) is 3.59. The highest BCUT2D eigenvalue weighted by Gasteiger charge is 2.06. The van der Waals surface area contributed by atoms with E-state index in [1.54, 1.807) is 25.3 Å². The highest BCUT2D eigenvalue weighted by molar-refractivity contribution is 6.35. The van der Waals surface area contributed by atoms with Crippen LogP contribution in [-0.4, -0.2) is 17.4 Å². The summed E-state index contributed by atoms with van der Waals surface area (Å²) in [6.45, 7) is 2.32. The summed E-state index contributed by atoms with van der Waals surface area (Å²) in [5.41, 5.74) is 1.76. The zero-order valence-corrected chi connectivity index (χ0v) is 13.2. The number of oxazole rings is 1. The van der Waals surface area contributed by atoms with Crippen molar-refractivity contribution in [3.05, 3.63) is 51.7 Å². The lowest BCUT2D eigenvalue weighted by atomic mass is 10.1. The maximum Gasteiger partial charge on any atom is 0.220 e. The maximum atomic E-state index is 11.7. The van der Waals surface area contributed by atoms with E-state index in [4.69, 9.17) is 27.6 Å². The molecule has 0 saturated heterocycles. The van der Waals surface area contributed by atoms with Crippen LogP contribution in [0.5, 0.6) is 0 Å². The number of hydrogen-bond acceptors (Lipinski definition) is 3. The Kier molecular flexibility index (Phi) is 5.65. The topological polar surface area (TPSA) is 55.1 Å². The van der Waals surface area contributed by atoms with Crippen LogP contribution in [0, 0.1) is 6.92 Å². The van der Waals surface area contributed by atoms with Crippen molar-refractivity contribution in [1.29, 1.82) is 0 Å². The summed E-state index contributed by atoms with van der Waals surface area (Å²) < 4.78 is 5.09. The molecule has 0 bridgehead atoms. The highest BCUT2D eigenvalue weighted by Crippen LogP contribution is 2.21. The summed E-state index contributed by atoms with van der Waals surface area (Å²) in [6, 6.07) is 5.36. The molecule has 1 aromatic carbocycles. The van der Waals surface area contributed by atoms with Gasteiger partial charge in [0.05, 0.1) is 5.69 Å². The van der Waals surface area contributed by atoms with E-state index in [2.05, 4.69) is 10.3 Å². The molecule has 2 aromatic rings. The molecule has 4 nitrogen and oxygen atoms in total. The predicted octanol–water partition coefficient (Wildman–Crippen LogP) is 3.58. The summed E-state index contributed by atoms with van der Waals surface area (Å²) in [5, 5.41) is 4.09. The predicted molar refractivity (Wildman–Crippen MR) is 82.7 cm³/mol. The van der Waals surface area contributed by atoms with Gasteiger partial charge in [-0.3, -0.25) is 4.79 Å². The molecule has 112 valence electrons. The Morgan fingerprint density at radius 3 is 2.81 bits per heavy atom. The number of carbonyl (C=O) groups is 1. The van der Waals surface area contributed by atoms with Crippen LogP contribution in [0.2, 0.25) is 10.0 Å². The number of hydrogen-bond donors (Lipinski definition) is 1. The molecular formula is C15H16Cl2N2O2. The molecule has 0 fully saturated rings. The second-order valence-corrected chi connectivity index (χ2v) is 5.54. The molecule has 0 aliphatic rings. The second kappa shape index (κ2) is 7.48. The molecule has 0 spiro atoms. The molecule has 1 heterocycles. The van der Waals surface area contributed by atoms with E-state index in [0.717, 1.165) is 11.3 Å². The minimum Gasteiger partial charge on any atom is -0.449 e. The van der Waals surface area contributed by atoms with E-state index in [9.17, 15) is 4.79 Å². The molecule has 1 aromatic heterocycles. The Morgan fingerprint density at radius 2 is 2.14 bits per heavy atom.